The maximum absolute atomic E-state index is 5.86. The summed E-state index contributed by atoms with van der Waals surface area (Å²) in [6.07, 6.45) is 0. The van der Waals surface area contributed by atoms with Gasteiger partial charge in [-0.3, -0.25) is 0 Å². The summed E-state index contributed by atoms with van der Waals surface area (Å²) in [7, 11) is 8.50. The summed E-state index contributed by atoms with van der Waals surface area (Å²) in [6, 6.07) is 16.5. The molecule has 38 heavy (non-hydrogen) atoms. The van der Waals surface area contributed by atoms with Gasteiger partial charge >= 0.3 is 0 Å². The highest BCUT2D eigenvalue weighted by atomic mass is 16.5. The zero-order chi connectivity index (χ0) is 26.7. The number of hydrogen-bond donors (Lipinski definition) is 0. The fraction of sp³-hybridized carbons (Fsp3) is 0.290. The molecule has 1 aliphatic rings. The summed E-state index contributed by atoms with van der Waals surface area (Å²) in [5.74, 6) is 3.94. The standard InChI is InChI=1S/C31H32N2O5/c1-17-27-23(12-21(35-4)14-25(27)37-6)32-16-33-24-13-22(36-5)15-26(38-7)28(24)18(2)31(33)29(30(17)32)19-8-10-20(34-3)11-9-19/h8-15,29H,16H2,1-7H3. The van der Waals surface area contributed by atoms with Crippen LogP contribution in [0.4, 0.5) is 0 Å². The van der Waals surface area contributed by atoms with Gasteiger partial charge in [0.15, 0.2) is 0 Å². The molecule has 5 aromatic rings. The van der Waals surface area contributed by atoms with E-state index in [2.05, 4.69) is 47.2 Å². The van der Waals surface area contributed by atoms with Gasteiger partial charge in [-0.2, -0.15) is 0 Å². The Morgan fingerprint density at radius 1 is 0.579 bits per heavy atom. The van der Waals surface area contributed by atoms with Gasteiger partial charge in [-0.05, 0) is 42.7 Å². The molecule has 0 saturated carbocycles. The van der Waals surface area contributed by atoms with Crippen LogP contribution in [-0.2, 0) is 6.67 Å². The van der Waals surface area contributed by atoms with E-state index in [1.165, 1.54) is 28.1 Å². The zero-order valence-corrected chi connectivity index (χ0v) is 22.8. The van der Waals surface area contributed by atoms with Crippen LogP contribution in [0.5, 0.6) is 28.7 Å². The second-order valence-corrected chi connectivity index (χ2v) is 9.67. The lowest BCUT2D eigenvalue weighted by Gasteiger charge is -2.30. The molecule has 0 spiro atoms. The molecule has 196 valence electrons. The molecule has 0 bridgehead atoms. The molecule has 3 heterocycles. The topological polar surface area (TPSA) is 56.0 Å². The SMILES string of the molecule is COc1ccc(C2c3c(C)c4c(OC)cc(OC)cc4n3Cn3c2c(C)c2c(OC)cc(OC)cc23)cc1. The molecule has 1 aliphatic heterocycles. The Morgan fingerprint density at radius 3 is 1.42 bits per heavy atom. The maximum atomic E-state index is 5.86. The molecule has 0 N–H and O–H groups in total. The van der Waals surface area contributed by atoms with E-state index in [9.17, 15) is 0 Å². The molecular formula is C31H32N2O5. The monoisotopic (exact) mass is 512 g/mol. The van der Waals surface area contributed by atoms with E-state index in [0.717, 1.165) is 50.6 Å². The summed E-state index contributed by atoms with van der Waals surface area (Å²) in [5, 5.41) is 2.20. The highest BCUT2D eigenvalue weighted by molar-refractivity contribution is 5.96. The lowest BCUT2D eigenvalue weighted by molar-refractivity contribution is 0.397. The normalized spacial score (nSPS) is 12.9. The summed E-state index contributed by atoms with van der Waals surface area (Å²) in [6.45, 7) is 5.02. The largest absolute Gasteiger partial charge is 0.497 e. The highest BCUT2D eigenvalue weighted by Crippen LogP contribution is 2.49. The van der Waals surface area contributed by atoms with E-state index in [-0.39, 0.29) is 5.92 Å². The number of fused-ring (bicyclic) bond motifs is 6. The molecular weight excluding hydrogens is 480 g/mol. The van der Waals surface area contributed by atoms with Crippen molar-refractivity contribution in [3.63, 3.8) is 0 Å². The fourth-order valence-electron chi connectivity index (χ4n) is 6.24. The van der Waals surface area contributed by atoms with Gasteiger partial charge in [-0.25, -0.2) is 0 Å². The first-order chi connectivity index (χ1) is 18.4. The Hall–Kier alpha value is -4.26. The number of methoxy groups -OCH3 is 5. The fourth-order valence-corrected chi connectivity index (χ4v) is 6.24. The lowest BCUT2D eigenvalue weighted by Crippen LogP contribution is -2.25. The molecule has 0 aliphatic carbocycles. The molecule has 2 aromatic heterocycles. The second-order valence-electron chi connectivity index (χ2n) is 9.67. The number of aromatic nitrogens is 2. The second kappa shape index (κ2) is 8.94. The van der Waals surface area contributed by atoms with Gasteiger partial charge in [0, 0.05) is 46.4 Å². The third kappa shape index (κ3) is 3.27. The minimum absolute atomic E-state index is 0.0270. The first-order valence-corrected chi connectivity index (χ1v) is 12.6. The van der Waals surface area contributed by atoms with Gasteiger partial charge in [-0.15, -0.1) is 0 Å². The van der Waals surface area contributed by atoms with E-state index in [4.69, 9.17) is 23.7 Å². The number of aryl methyl sites for hydroxylation is 2. The van der Waals surface area contributed by atoms with Crippen molar-refractivity contribution in [3.05, 3.63) is 76.6 Å². The molecule has 6 rings (SSSR count). The predicted octanol–water partition coefficient (Wildman–Crippen LogP) is 6.26. The van der Waals surface area contributed by atoms with Crippen molar-refractivity contribution >= 4 is 21.8 Å². The molecule has 0 radical (unpaired) electrons. The van der Waals surface area contributed by atoms with Gasteiger partial charge in [0.25, 0.3) is 0 Å². The lowest BCUT2D eigenvalue weighted by atomic mass is 9.87. The van der Waals surface area contributed by atoms with Crippen LogP contribution in [0.25, 0.3) is 21.8 Å². The number of nitrogens with zero attached hydrogens (tertiary/aromatic N) is 2. The number of benzene rings is 3. The summed E-state index contributed by atoms with van der Waals surface area (Å²) in [4.78, 5) is 0. The third-order valence-electron chi connectivity index (χ3n) is 7.98. The Morgan fingerprint density at radius 2 is 1.03 bits per heavy atom. The van der Waals surface area contributed by atoms with Gasteiger partial charge in [0.05, 0.1) is 59.2 Å². The molecule has 0 fully saturated rings. The van der Waals surface area contributed by atoms with Crippen molar-refractivity contribution in [2.24, 2.45) is 0 Å². The first kappa shape index (κ1) is 24.1. The Balaban J connectivity index is 1.74. The Kier molecular flexibility index (Phi) is 5.67. The predicted molar refractivity (Wildman–Crippen MR) is 149 cm³/mol. The number of ether oxygens (including phenoxy) is 5. The summed E-state index contributed by atoms with van der Waals surface area (Å²) >= 11 is 0. The number of hydrogen-bond acceptors (Lipinski definition) is 5. The van der Waals surface area contributed by atoms with Crippen molar-refractivity contribution in [2.75, 3.05) is 35.5 Å². The maximum Gasteiger partial charge on any atom is 0.132 e. The summed E-state index contributed by atoms with van der Waals surface area (Å²) < 4.78 is 33.3. The first-order valence-electron chi connectivity index (χ1n) is 12.6. The molecule has 0 atom stereocenters. The van der Waals surface area contributed by atoms with Gasteiger partial charge in [-0.1, -0.05) is 12.1 Å². The average molecular weight is 513 g/mol. The van der Waals surface area contributed by atoms with Crippen molar-refractivity contribution in [2.45, 2.75) is 26.4 Å². The van der Waals surface area contributed by atoms with E-state index >= 15 is 0 Å². The Bertz CT molecular complexity index is 1590. The van der Waals surface area contributed by atoms with Gasteiger partial charge < -0.3 is 32.8 Å². The summed E-state index contributed by atoms with van der Waals surface area (Å²) in [5.41, 5.74) is 8.20. The molecule has 0 saturated heterocycles. The van der Waals surface area contributed by atoms with Crippen molar-refractivity contribution in [3.8, 4) is 28.7 Å². The van der Waals surface area contributed by atoms with Crippen LogP contribution < -0.4 is 23.7 Å². The molecule has 0 amide bonds. The minimum Gasteiger partial charge on any atom is -0.497 e. The van der Waals surface area contributed by atoms with Crippen LogP contribution in [0.2, 0.25) is 0 Å². The molecule has 3 aromatic carbocycles. The number of rotatable bonds is 6. The van der Waals surface area contributed by atoms with Crippen LogP contribution in [-0.4, -0.2) is 44.7 Å². The van der Waals surface area contributed by atoms with Crippen LogP contribution >= 0.6 is 0 Å². The quantitative estimate of drug-likeness (QED) is 0.264. The van der Waals surface area contributed by atoms with Crippen LogP contribution in [0.15, 0.2) is 48.5 Å². The van der Waals surface area contributed by atoms with Crippen LogP contribution in [0.1, 0.15) is 34.0 Å². The van der Waals surface area contributed by atoms with Crippen molar-refractivity contribution in [1.29, 1.82) is 0 Å². The van der Waals surface area contributed by atoms with Crippen molar-refractivity contribution in [1.82, 2.24) is 9.13 Å². The van der Waals surface area contributed by atoms with E-state index in [0.29, 0.717) is 6.67 Å². The molecule has 7 heteroatoms. The van der Waals surface area contributed by atoms with E-state index < -0.39 is 0 Å². The average Bonchev–Trinajstić information content (AvgIpc) is 3.41. The van der Waals surface area contributed by atoms with Crippen LogP contribution in [0.3, 0.4) is 0 Å². The third-order valence-corrected chi connectivity index (χ3v) is 7.98. The van der Waals surface area contributed by atoms with E-state index in [1.807, 2.05) is 24.3 Å². The molecule has 0 unspecified atom stereocenters. The highest BCUT2D eigenvalue weighted by Gasteiger charge is 2.36. The minimum atomic E-state index is -0.0270. The van der Waals surface area contributed by atoms with Gasteiger partial charge in [0.2, 0.25) is 0 Å². The Labute approximate surface area is 222 Å². The van der Waals surface area contributed by atoms with E-state index in [1.54, 1.807) is 35.5 Å². The zero-order valence-electron chi connectivity index (χ0n) is 22.8. The smallest absolute Gasteiger partial charge is 0.132 e. The van der Waals surface area contributed by atoms with Crippen LogP contribution in [0, 0.1) is 13.8 Å². The van der Waals surface area contributed by atoms with Gasteiger partial charge in [0.1, 0.15) is 28.7 Å². The molecule has 7 nitrogen and oxygen atoms in total. The van der Waals surface area contributed by atoms with Crippen molar-refractivity contribution < 1.29 is 23.7 Å².